The summed E-state index contributed by atoms with van der Waals surface area (Å²) in [5.74, 6) is -1.20. The number of carbonyl (C=O) groups is 1. The molecule has 4 heteroatoms. The van der Waals surface area contributed by atoms with Gasteiger partial charge in [-0.05, 0) is 6.42 Å². The Morgan fingerprint density at radius 3 is 2.83 bits per heavy atom. The van der Waals surface area contributed by atoms with E-state index in [2.05, 4.69) is 6.92 Å². The fourth-order valence-corrected chi connectivity index (χ4v) is 2.70. The average molecular weight is 248 g/mol. The molecule has 1 aromatic carbocycles. The van der Waals surface area contributed by atoms with Crippen molar-refractivity contribution in [2.45, 2.75) is 37.9 Å². The summed E-state index contributed by atoms with van der Waals surface area (Å²) in [5.41, 5.74) is 1.32. The third-order valence-corrected chi connectivity index (χ3v) is 3.55. The lowest BCUT2D eigenvalue weighted by molar-refractivity contribution is -0.343. The van der Waals surface area contributed by atoms with Crippen molar-refractivity contribution in [3.63, 3.8) is 0 Å². The summed E-state index contributed by atoms with van der Waals surface area (Å²) in [6.45, 7) is 2.06. The zero-order valence-electron chi connectivity index (χ0n) is 10.5. The molecule has 0 aliphatic carbocycles. The number of rotatable bonds is 3. The van der Waals surface area contributed by atoms with Crippen LogP contribution in [-0.4, -0.2) is 25.1 Å². The molecule has 0 spiro atoms. The van der Waals surface area contributed by atoms with Gasteiger partial charge in [0.2, 0.25) is 0 Å². The summed E-state index contributed by atoms with van der Waals surface area (Å²) in [7, 11) is 1.54. The minimum absolute atomic E-state index is 0.00535. The van der Waals surface area contributed by atoms with Crippen molar-refractivity contribution < 1.29 is 19.0 Å². The molecule has 4 nitrogen and oxygen atoms in total. The van der Waals surface area contributed by atoms with Crippen LogP contribution in [-0.2, 0) is 20.2 Å². The Kier molecular flexibility index (Phi) is 2.73. The maximum Gasteiger partial charge on any atom is 0.313 e. The fourth-order valence-electron chi connectivity index (χ4n) is 2.70. The average Bonchev–Trinajstić information content (AvgIpc) is 2.75. The van der Waals surface area contributed by atoms with Gasteiger partial charge in [-0.25, -0.2) is 0 Å². The molecule has 1 fully saturated rings. The highest BCUT2D eigenvalue weighted by atomic mass is 16.9. The monoisotopic (exact) mass is 248 g/mol. The van der Waals surface area contributed by atoms with E-state index in [-0.39, 0.29) is 11.9 Å². The Morgan fingerprint density at radius 1 is 1.33 bits per heavy atom. The number of carbonyl (C=O) groups excluding carboxylic acids is 1. The third-order valence-electron chi connectivity index (χ3n) is 3.55. The van der Waals surface area contributed by atoms with E-state index >= 15 is 0 Å². The fraction of sp³-hybridized carbons (Fsp3) is 0.500. The van der Waals surface area contributed by atoms with Crippen LogP contribution in [0.1, 0.15) is 35.7 Å². The highest BCUT2D eigenvalue weighted by molar-refractivity contribution is 6.02. The van der Waals surface area contributed by atoms with Gasteiger partial charge in [-0.2, -0.15) is 0 Å². The van der Waals surface area contributed by atoms with Crippen molar-refractivity contribution in [3.8, 4) is 0 Å². The third kappa shape index (κ3) is 1.46. The van der Waals surface area contributed by atoms with Crippen LogP contribution in [0.4, 0.5) is 0 Å². The topological polar surface area (TPSA) is 44.8 Å². The molecule has 0 saturated carbocycles. The molecule has 18 heavy (non-hydrogen) atoms. The van der Waals surface area contributed by atoms with Crippen LogP contribution < -0.4 is 0 Å². The molecule has 1 saturated heterocycles. The SMILES string of the molecule is CCC[C@H]1O[C@@]2(OC)O[C@@H]1C(=O)c1ccccc12. The number of ketones is 1. The molecule has 2 heterocycles. The lowest BCUT2D eigenvalue weighted by Gasteiger charge is -2.30. The molecule has 2 aliphatic heterocycles. The van der Waals surface area contributed by atoms with E-state index in [9.17, 15) is 4.79 Å². The molecule has 3 atom stereocenters. The van der Waals surface area contributed by atoms with Gasteiger partial charge >= 0.3 is 5.97 Å². The van der Waals surface area contributed by atoms with Gasteiger partial charge < -0.3 is 14.2 Å². The van der Waals surface area contributed by atoms with Gasteiger partial charge in [0.15, 0.2) is 11.9 Å². The van der Waals surface area contributed by atoms with Crippen molar-refractivity contribution in [2.75, 3.05) is 7.11 Å². The van der Waals surface area contributed by atoms with E-state index in [0.29, 0.717) is 11.1 Å². The standard InChI is InChI=1S/C14H16O4/c1-3-6-11-13-12(15)9-7-4-5-8-10(9)14(16-2,17-11)18-13/h4-5,7-8,11,13H,3,6H2,1-2H3/t11-,13+,14-/m1/s1. The summed E-state index contributed by atoms with van der Waals surface area (Å²) in [6, 6.07) is 7.33. The van der Waals surface area contributed by atoms with Crippen molar-refractivity contribution in [3.05, 3.63) is 35.4 Å². The van der Waals surface area contributed by atoms with Gasteiger partial charge in [0.25, 0.3) is 0 Å². The number of hydrogen-bond acceptors (Lipinski definition) is 4. The molecule has 96 valence electrons. The zero-order chi connectivity index (χ0) is 12.8. The highest BCUT2D eigenvalue weighted by Gasteiger charge is 2.57. The molecule has 0 amide bonds. The van der Waals surface area contributed by atoms with Gasteiger partial charge in [-0.3, -0.25) is 4.79 Å². The number of methoxy groups -OCH3 is 1. The summed E-state index contributed by atoms with van der Waals surface area (Å²) < 4.78 is 17.1. The number of ether oxygens (including phenoxy) is 3. The first-order valence-electron chi connectivity index (χ1n) is 6.26. The first-order chi connectivity index (χ1) is 8.72. The van der Waals surface area contributed by atoms with E-state index in [4.69, 9.17) is 14.2 Å². The molecule has 0 aromatic heterocycles. The Morgan fingerprint density at radius 2 is 2.11 bits per heavy atom. The van der Waals surface area contributed by atoms with Crippen LogP contribution in [0, 0.1) is 0 Å². The predicted molar refractivity (Wildman–Crippen MR) is 64.1 cm³/mol. The lowest BCUT2D eigenvalue weighted by atomic mass is 9.94. The van der Waals surface area contributed by atoms with Gasteiger partial charge in [-0.15, -0.1) is 0 Å². The van der Waals surface area contributed by atoms with Crippen LogP contribution in [0.15, 0.2) is 24.3 Å². The van der Waals surface area contributed by atoms with Crippen LogP contribution in [0.2, 0.25) is 0 Å². The molecule has 2 aliphatic rings. The molecule has 0 N–H and O–H groups in total. The summed E-state index contributed by atoms with van der Waals surface area (Å²) in [5, 5.41) is 0. The maximum atomic E-state index is 12.4. The molecule has 0 unspecified atom stereocenters. The van der Waals surface area contributed by atoms with E-state index in [0.717, 1.165) is 12.8 Å². The van der Waals surface area contributed by atoms with Gasteiger partial charge in [0.05, 0.1) is 11.7 Å². The molecular weight excluding hydrogens is 232 g/mol. The van der Waals surface area contributed by atoms with E-state index in [1.807, 2.05) is 18.2 Å². The molecule has 1 aromatic rings. The van der Waals surface area contributed by atoms with Crippen molar-refractivity contribution >= 4 is 5.78 Å². The zero-order valence-corrected chi connectivity index (χ0v) is 10.5. The minimum atomic E-state index is -1.20. The number of fused-ring (bicyclic) bond motifs is 4. The lowest BCUT2D eigenvalue weighted by Crippen LogP contribution is -2.39. The smallest absolute Gasteiger partial charge is 0.313 e. The van der Waals surface area contributed by atoms with Crippen LogP contribution in [0.25, 0.3) is 0 Å². The molecule has 0 radical (unpaired) electrons. The van der Waals surface area contributed by atoms with E-state index < -0.39 is 12.1 Å². The summed E-state index contributed by atoms with van der Waals surface area (Å²) >= 11 is 0. The van der Waals surface area contributed by atoms with Crippen molar-refractivity contribution in [2.24, 2.45) is 0 Å². The van der Waals surface area contributed by atoms with Crippen LogP contribution in [0.3, 0.4) is 0 Å². The van der Waals surface area contributed by atoms with Crippen molar-refractivity contribution in [1.82, 2.24) is 0 Å². The van der Waals surface area contributed by atoms with Gasteiger partial charge in [0.1, 0.15) is 0 Å². The van der Waals surface area contributed by atoms with E-state index in [1.54, 1.807) is 6.07 Å². The second-order valence-corrected chi connectivity index (χ2v) is 4.65. The normalized spacial score (nSPS) is 33.6. The summed E-state index contributed by atoms with van der Waals surface area (Å²) in [6.07, 6.45) is 0.957. The largest absolute Gasteiger partial charge is 0.327 e. The number of benzene rings is 1. The second kappa shape index (κ2) is 4.16. The second-order valence-electron chi connectivity index (χ2n) is 4.65. The number of Topliss-reactive ketones (excluding diaryl/α,β-unsaturated/α-hetero) is 1. The van der Waals surface area contributed by atoms with Crippen LogP contribution in [0.5, 0.6) is 0 Å². The number of hydrogen-bond donors (Lipinski definition) is 0. The van der Waals surface area contributed by atoms with Gasteiger partial charge in [0, 0.05) is 12.7 Å². The minimum Gasteiger partial charge on any atom is -0.327 e. The maximum absolute atomic E-state index is 12.4. The van der Waals surface area contributed by atoms with Crippen molar-refractivity contribution in [1.29, 1.82) is 0 Å². The summed E-state index contributed by atoms with van der Waals surface area (Å²) in [4.78, 5) is 12.4. The molecule has 2 bridgehead atoms. The highest BCUT2D eigenvalue weighted by Crippen LogP contribution is 2.46. The predicted octanol–water partition coefficient (Wildman–Crippen LogP) is 2.22. The first kappa shape index (κ1) is 11.8. The molecular formula is C14H16O4. The van der Waals surface area contributed by atoms with Crippen LogP contribution >= 0.6 is 0 Å². The Hall–Kier alpha value is -1.23. The quantitative estimate of drug-likeness (QED) is 0.822. The van der Waals surface area contributed by atoms with E-state index in [1.165, 1.54) is 7.11 Å². The Labute approximate surface area is 106 Å². The first-order valence-corrected chi connectivity index (χ1v) is 6.26. The molecule has 3 rings (SSSR count). The van der Waals surface area contributed by atoms with Gasteiger partial charge in [-0.1, -0.05) is 37.6 Å². The Balaban J connectivity index is 2.10. The Bertz CT molecular complexity index is 484.